The lowest BCUT2D eigenvalue weighted by molar-refractivity contribution is 0.105. The molecule has 3 heteroatoms. The fourth-order valence-corrected chi connectivity index (χ4v) is 6.53. The average Bonchev–Trinajstić information content (AvgIpc) is 2.66. The molecule has 0 aliphatic carbocycles. The molecule has 0 N–H and O–H groups in total. The van der Waals surface area contributed by atoms with Gasteiger partial charge in [0.15, 0.2) is 11.0 Å². The Bertz CT molecular complexity index is 1120. The summed E-state index contributed by atoms with van der Waals surface area (Å²) < 4.78 is 0. The van der Waals surface area contributed by atoms with E-state index in [0.29, 0.717) is 11.1 Å². The molecule has 0 fully saturated rings. The van der Waals surface area contributed by atoms with Gasteiger partial charge in [-0.25, -0.2) is 0 Å². The first-order valence-electron chi connectivity index (χ1n) is 10.2. The van der Waals surface area contributed by atoms with Gasteiger partial charge in [0.25, 0.3) is 0 Å². The van der Waals surface area contributed by atoms with E-state index < -0.39 is 7.92 Å². The summed E-state index contributed by atoms with van der Waals surface area (Å²) >= 11 is 0. The molecule has 0 bridgehead atoms. The summed E-state index contributed by atoms with van der Waals surface area (Å²) in [5, 5.41) is 0.805. The largest absolute Gasteiger partial charge is 0.288 e. The third-order valence-corrected chi connectivity index (χ3v) is 7.96. The second-order valence-corrected chi connectivity index (χ2v) is 10.2. The van der Waals surface area contributed by atoms with Crippen LogP contribution in [-0.2, 0) is 0 Å². The van der Waals surface area contributed by atoms with Gasteiger partial charge in [-0.3, -0.25) is 9.59 Å². The molecule has 0 heterocycles. The van der Waals surface area contributed by atoms with E-state index in [0.717, 1.165) is 38.7 Å². The van der Waals surface area contributed by atoms with Gasteiger partial charge < -0.3 is 0 Å². The highest BCUT2D eigenvalue weighted by Crippen LogP contribution is 2.45. The van der Waals surface area contributed by atoms with Crippen molar-refractivity contribution in [2.45, 2.75) is 48.5 Å². The van der Waals surface area contributed by atoms with E-state index in [4.69, 9.17) is 0 Å². The van der Waals surface area contributed by atoms with Gasteiger partial charge in [-0.2, -0.15) is 0 Å². The molecule has 3 rings (SSSR count). The van der Waals surface area contributed by atoms with Gasteiger partial charge in [0, 0.05) is 11.1 Å². The van der Waals surface area contributed by atoms with Gasteiger partial charge >= 0.3 is 0 Å². The Morgan fingerprint density at radius 3 is 1.67 bits per heavy atom. The van der Waals surface area contributed by atoms with Crippen molar-refractivity contribution in [1.82, 2.24) is 0 Å². The van der Waals surface area contributed by atoms with Crippen molar-refractivity contribution in [3.8, 4) is 0 Å². The van der Waals surface area contributed by atoms with Crippen LogP contribution in [0.5, 0.6) is 0 Å². The third kappa shape index (κ3) is 4.02. The highest BCUT2D eigenvalue weighted by atomic mass is 31.1. The molecule has 0 aliphatic rings. The molecular weight excluding hydrogens is 387 g/mol. The van der Waals surface area contributed by atoms with Crippen LogP contribution in [0.3, 0.4) is 0 Å². The molecule has 30 heavy (non-hydrogen) atoms. The third-order valence-electron chi connectivity index (χ3n) is 5.88. The molecule has 0 radical (unpaired) electrons. The van der Waals surface area contributed by atoms with E-state index in [2.05, 4.69) is 13.0 Å². The Morgan fingerprint density at radius 2 is 1.10 bits per heavy atom. The first-order valence-corrected chi connectivity index (χ1v) is 11.6. The molecule has 2 nitrogen and oxygen atoms in total. The van der Waals surface area contributed by atoms with Gasteiger partial charge in [0.05, 0.1) is 7.92 Å². The van der Waals surface area contributed by atoms with Gasteiger partial charge in [-0.1, -0.05) is 54.1 Å². The molecule has 0 amide bonds. The molecule has 3 aromatic rings. The lowest BCUT2D eigenvalue weighted by Crippen LogP contribution is -2.19. The monoisotopic (exact) mass is 416 g/mol. The van der Waals surface area contributed by atoms with Crippen molar-refractivity contribution in [2.75, 3.05) is 0 Å². The summed E-state index contributed by atoms with van der Waals surface area (Å²) in [6, 6.07) is 15.6. The van der Waals surface area contributed by atoms with E-state index in [1.165, 1.54) is 5.56 Å². The SMILES string of the molecule is Cc1cc(C)c(C(=O)P(C(=O)c2c(C)cc(C)c(C)c2C)c2ccccc2)c(C)c1. The summed E-state index contributed by atoms with van der Waals surface area (Å²) in [4.78, 5) is 27.9. The summed E-state index contributed by atoms with van der Waals surface area (Å²) in [7, 11) is -1.71. The van der Waals surface area contributed by atoms with E-state index in [1.807, 2.05) is 84.0 Å². The molecule has 0 spiro atoms. The van der Waals surface area contributed by atoms with Gasteiger partial charge in [0.1, 0.15) is 0 Å². The van der Waals surface area contributed by atoms with E-state index in [-0.39, 0.29) is 11.0 Å². The minimum Gasteiger partial charge on any atom is -0.288 e. The van der Waals surface area contributed by atoms with E-state index in [9.17, 15) is 9.59 Å². The van der Waals surface area contributed by atoms with Crippen LogP contribution < -0.4 is 5.30 Å². The number of rotatable bonds is 5. The summed E-state index contributed by atoms with van der Waals surface area (Å²) in [5.41, 5.74) is 8.45. The lowest BCUT2D eigenvalue weighted by Gasteiger charge is -2.21. The van der Waals surface area contributed by atoms with Crippen LogP contribution in [0.1, 0.15) is 59.7 Å². The number of benzene rings is 3. The van der Waals surface area contributed by atoms with Crippen molar-refractivity contribution in [3.63, 3.8) is 0 Å². The van der Waals surface area contributed by atoms with Crippen LogP contribution in [-0.4, -0.2) is 11.0 Å². The second kappa shape index (κ2) is 8.66. The number of aryl methyl sites for hydroxylation is 5. The lowest BCUT2D eigenvalue weighted by atomic mass is 9.95. The molecular formula is C27H29O2P. The van der Waals surface area contributed by atoms with E-state index in [1.54, 1.807) is 0 Å². The molecule has 0 saturated carbocycles. The molecule has 0 aromatic heterocycles. The van der Waals surface area contributed by atoms with E-state index >= 15 is 0 Å². The first kappa shape index (κ1) is 22.1. The fourth-order valence-electron chi connectivity index (χ4n) is 4.26. The Hall–Kier alpha value is -2.57. The van der Waals surface area contributed by atoms with Crippen molar-refractivity contribution in [3.05, 3.63) is 98.6 Å². The van der Waals surface area contributed by atoms with Crippen molar-refractivity contribution in [1.29, 1.82) is 0 Å². The maximum Gasteiger partial charge on any atom is 0.197 e. The second-order valence-electron chi connectivity index (χ2n) is 8.19. The number of hydrogen-bond donors (Lipinski definition) is 0. The van der Waals surface area contributed by atoms with Crippen LogP contribution in [0.4, 0.5) is 0 Å². The zero-order valence-corrected chi connectivity index (χ0v) is 19.8. The minimum absolute atomic E-state index is 0.0568. The van der Waals surface area contributed by atoms with Crippen molar-refractivity contribution in [2.24, 2.45) is 0 Å². The Kier molecular flexibility index (Phi) is 6.38. The maximum absolute atomic E-state index is 14.0. The van der Waals surface area contributed by atoms with Crippen molar-refractivity contribution < 1.29 is 9.59 Å². The van der Waals surface area contributed by atoms with Crippen molar-refractivity contribution >= 4 is 24.3 Å². The van der Waals surface area contributed by atoms with Crippen LogP contribution in [0.15, 0.2) is 48.5 Å². The van der Waals surface area contributed by atoms with Gasteiger partial charge in [-0.05, 0) is 87.2 Å². The topological polar surface area (TPSA) is 34.1 Å². The summed E-state index contributed by atoms with van der Waals surface area (Å²) in [5.74, 6) is 0. The normalized spacial score (nSPS) is 12.0. The van der Waals surface area contributed by atoms with Crippen LogP contribution in [0.25, 0.3) is 0 Å². The zero-order valence-electron chi connectivity index (χ0n) is 18.9. The zero-order chi connectivity index (χ0) is 22.2. The Labute approximate surface area is 181 Å². The minimum atomic E-state index is -1.71. The number of carbonyl (C=O) groups excluding carboxylic acids is 2. The molecule has 3 aromatic carbocycles. The molecule has 1 atom stereocenters. The number of carbonyl (C=O) groups is 2. The fraction of sp³-hybridized carbons (Fsp3) is 0.259. The number of hydrogen-bond acceptors (Lipinski definition) is 2. The average molecular weight is 417 g/mol. The highest BCUT2D eigenvalue weighted by molar-refractivity contribution is 7.96. The Balaban J connectivity index is 2.23. The quantitative estimate of drug-likeness (QED) is 0.437. The summed E-state index contributed by atoms with van der Waals surface area (Å²) in [6.07, 6.45) is 0. The predicted octanol–water partition coefficient (Wildman–Crippen LogP) is 6.63. The molecule has 0 saturated heterocycles. The molecule has 0 aliphatic heterocycles. The first-order chi connectivity index (χ1) is 14.1. The predicted molar refractivity (Wildman–Crippen MR) is 128 cm³/mol. The van der Waals surface area contributed by atoms with Gasteiger partial charge in [0.2, 0.25) is 0 Å². The molecule has 1 unspecified atom stereocenters. The summed E-state index contributed by atoms with van der Waals surface area (Å²) in [6.45, 7) is 14.0. The maximum atomic E-state index is 14.0. The Morgan fingerprint density at radius 1 is 0.600 bits per heavy atom. The van der Waals surface area contributed by atoms with Crippen LogP contribution in [0.2, 0.25) is 0 Å². The van der Waals surface area contributed by atoms with Gasteiger partial charge in [-0.15, -0.1) is 0 Å². The smallest absolute Gasteiger partial charge is 0.197 e. The van der Waals surface area contributed by atoms with Crippen LogP contribution in [0, 0.1) is 48.5 Å². The molecule has 154 valence electrons. The van der Waals surface area contributed by atoms with Crippen LogP contribution >= 0.6 is 7.92 Å². The standard InChI is InChI=1S/C27H29O2P/c1-16-13-18(3)24(19(4)14-16)26(28)30(23-11-9-8-10-12-23)27(29)25-20(5)15-17(2)21(6)22(25)7/h8-15H,1-7H3. The highest BCUT2D eigenvalue weighted by Gasteiger charge is 2.33.